The van der Waals surface area contributed by atoms with Crippen molar-refractivity contribution >= 4 is 11.8 Å². The maximum Gasteiger partial charge on any atom is 0.187 e. The van der Waals surface area contributed by atoms with Crippen molar-refractivity contribution in [1.29, 1.82) is 0 Å². The van der Waals surface area contributed by atoms with Gasteiger partial charge < -0.3 is 4.74 Å². The molecule has 3 rings (SSSR count). The molecular formula is C17H21N3OS. The number of fused-ring (bicyclic) bond motifs is 1. The summed E-state index contributed by atoms with van der Waals surface area (Å²) >= 11 is 1.67. The van der Waals surface area contributed by atoms with E-state index in [1.165, 1.54) is 5.56 Å². The number of para-hydroxylation sites is 1. The fourth-order valence-electron chi connectivity index (χ4n) is 2.71. The van der Waals surface area contributed by atoms with E-state index in [1.54, 1.807) is 11.8 Å². The molecule has 1 aliphatic rings. The summed E-state index contributed by atoms with van der Waals surface area (Å²) in [5, 5.41) is 0.850. The van der Waals surface area contributed by atoms with Crippen molar-refractivity contribution in [2.45, 2.75) is 31.1 Å². The minimum Gasteiger partial charge on any atom is -0.488 e. The minimum atomic E-state index is 0.234. The Kier molecular flexibility index (Phi) is 4.95. The highest BCUT2D eigenvalue weighted by Crippen LogP contribution is 2.28. The fraction of sp³-hybridized carbons (Fsp3) is 0.412. The van der Waals surface area contributed by atoms with Crippen molar-refractivity contribution in [1.82, 2.24) is 14.9 Å². The molecule has 22 heavy (non-hydrogen) atoms. The number of ether oxygens (including phenoxy) is 1. The van der Waals surface area contributed by atoms with E-state index in [1.807, 2.05) is 24.5 Å². The lowest BCUT2D eigenvalue weighted by atomic mass is 10.1. The van der Waals surface area contributed by atoms with Crippen LogP contribution in [0.15, 0.2) is 41.8 Å². The van der Waals surface area contributed by atoms with Crippen LogP contribution in [0.3, 0.4) is 0 Å². The summed E-state index contributed by atoms with van der Waals surface area (Å²) in [5.41, 5.74) is 2.45. The third-order valence-corrected chi connectivity index (χ3v) is 4.39. The maximum absolute atomic E-state index is 5.99. The number of aromatic nitrogens is 2. The number of thioether (sulfide) groups is 1. The first-order valence-corrected chi connectivity index (χ1v) is 8.60. The molecular weight excluding hydrogens is 294 g/mol. The minimum absolute atomic E-state index is 0.234. The molecule has 5 heteroatoms. The van der Waals surface area contributed by atoms with Gasteiger partial charge in [0.05, 0.1) is 0 Å². The van der Waals surface area contributed by atoms with Gasteiger partial charge in [0.25, 0.3) is 0 Å². The van der Waals surface area contributed by atoms with Crippen LogP contribution in [0.4, 0.5) is 0 Å². The van der Waals surface area contributed by atoms with Gasteiger partial charge in [0.2, 0.25) is 0 Å². The summed E-state index contributed by atoms with van der Waals surface area (Å²) in [5.74, 6) is 2.03. The number of likely N-dealkylation sites (N-methyl/N-ethyl adjacent to an activating group) is 1. The fourth-order valence-corrected chi connectivity index (χ4v) is 3.22. The summed E-state index contributed by atoms with van der Waals surface area (Å²) in [6, 6.07) is 8.29. The van der Waals surface area contributed by atoms with E-state index in [9.17, 15) is 0 Å². The lowest BCUT2D eigenvalue weighted by molar-refractivity contribution is 0.165. The Labute approximate surface area is 135 Å². The SMILES string of the molecule is CCSc1ncc(CN(C)C[C@@H]2Cc3ccccc3O2)cn1. The molecule has 1 aromatic carbocycles. The molecule has 0 unspecified atom stereocenters. The van der Waals surface area contributed by atoms with Crippen LogP contribution in [0, 0.1) is 0 Å². The van der Waals surface area contributed by atoms with Crippen molar-refractivity contribution in [2.75, 3.05) is 19.3 Å². The second-order valence-corrected chi connectivity index (χ2v) is 6.79. The molecule has 4 nitrogen and oxygen atoms in total. The lowest BCUT2D eigenvalue weighted by Gasteiger charge is -2.20. The van der Waals surface area contributed by atoms with E-state index in [-0.39, 0.29) is 6.10 Å². The molecule has 2 heterocycles. The standard InChI is InChI=1S/C17H21N3OS/c1-3-22-17-18-9-13(10-19-17)11-20(2)12-15-8-14-6-4-5-7-16(14)21-15/h4-7,9-10,15H,3,8,11-12H2,1-2H3/t15-/m0/s1. The third-order valence-electron chi connectivity index (χ3n) is 3.64. The van der Waals surface area contributed by atoms with Crippen LogP contribution >= 0.6 is 11.8 Å². The molecule has 0 saturated carbocycles. The van der Waals surface area contributed by atoms with Gasteiger partial charge in [-0.3, -0.25) is 4.90 Å². The molecule has 0 aliphatic carbocycles. The molecule has 0 spiro atoms. The zero-order valence-electron chi connectivity index (χ0n) is 13.0. The van der Waals surface area contributed by atoms with Crippen LogP contribution in [0.5, 0.6) is 5.75 Å². The summed E-state index contributed by atoms with van der Waals surface area (Å²) in [6.07, 6.45) is 5.07. The molecule has 0 N–H and O–H groups in total. The van der Waals surface area contributed by atoms with Crippen molar-refractivity contribution in [3.05, 3.63) is 47.8 Å². The van der Waals surface area contributed by atoms with Gasteiger partial charge in [-0.15, -0.1) is 0 Å². The first-order valence-electron chi connectivity index (χ1n) is 7.61. The largest absolute Gasteiger partial charge is 0.488 e. The zero-order chi connectivity index (χ0) is 15.4. The van der Waals surface area contributed by atoms with Crippen LogP contribution in [-0.4, -0.2) is 40.3 Å². The molecule has 1 aromatic heterocycles. The second kappa shape index (κ2) is 7.11. The van der Waals surface area contributed by atoms with Gasteiger partial charge in [0.15, 0.2) is 5.16 Å². The van der Waals surface area contributed by atoms with Gasteiger partial charge >= 0.3 is 0 Å². The molecule has 1 atom stereocenters. The molecule has 0 fully saturated rings. The number of benzene rings is 1. The van der Waals surface area contributed by atoms with Gasteiger partial charge in [0, 0.05) is 37.5 Å². The molecule has 0 bridgehead atoms. The van der Waals surface area contributed by atoms with Gasteiger partial charge in [-0.25, -0.2) is 9.97 Å². The second-order valence-electron chi connectivity index (χ2n) is 5.56. The van der Waals surface area contributed by atoms with E-state index < -0.39 is 0 Å². The van der Waals surface area contributed by atoms with Crippen molar-refractivity contribution < 1.29 is 4.74 Å². The van der Waals surface area contributed by atoms with Crippen LogP contribution < -0.4 is 4.74 Å². The quantitative estimate of drug-likeness (QED) is 0.605. The number of rotatable bonds is 6. The molecule has 1 aliphatic heterocycles. The molecule has 0 amide bonds. The topological polar surface area (TPSA) is 38.2 Å². The molecule has 0 radical (unpaired) electrons. The normalized spacial score (nSPS) is 16.6. The maximum atomic E-state index is 5.99. The van der Waals surface area contributed by atoms with Gasteiger partial charge in [0.1, 0.15) is 11.9 Å². The van der Waals surface area contributed by atoms with Gasteiger partial charge in [-0.2, -0.15) is 0 Å². The summed E-state index contributed by atoms with van der Waals surface area (Å²) in [7, 11) is 2.11. The Balaban J connectivity index is 1.52. The Bertz CT molecular complexity index is 593. The van der Waals surface area contributed by atoms with E-state index in [4.69, 9.17) is 4.74 Å². The number of hydrogen-bond donors (Lipinski definition) is 0. The third kappa shape index (κ3) is 3.78. The average Bonchev–Trinajstić information content (AvgIpc) is 2.91. The Morgan fingerprint density at radius 2 is 2.05 bits per heavy atom. The summed E-state index contributed by atoms with van der Waals surface area (Å²) in [4.78, 5) is 11.0. The first kappa shape index (κ1) is 15.3. The zero-order valence-corrected chi connectivity index (χ0v) is 13.8. The lowest BCUT2D eigenvalue weighted by Crippen LogP contribution is -2.31. The van der Waals surface area contributed by atoms with Crippen molar-refractivity contribution in [2.24, 2.45) is 0 Å². The average molecular weight is 315 g/mol. The van der Waals surface area contributed by atoms with E-state index in [0.717, 1.165) is 41.7 Å². The Morgan fingerprint density at radius 3 is 2.77 bits per heavy atom. The van der Waals surface area contributed by atoms with E-state index in [0.29, 0.717) is 0 Å². The van der Waals surface area contributed by atoms with Gasteiger partial charge in [-0.05, 0) is 24.4 Å². The predicted molar refractivity (Wildman–Crippen MR) is 89.3 cm³/mol. The molecule has 0 saturated heterocycles. The molecule has 2 aromatic rings. The smallest absolute Gasteiger partial charge is 0.187 e. The summed E-state index contributed by atoms with van der Waals surface area (Å²) in [6.45, 7) is 3.85. The number of nitrogens with zero attached hydrogens (tertiary/aromatic N) is 3. The highest BCUT2D eigenvalue weighted by atomic mass is 32.2. The highest BCUT2D eigenvalue weighted by Gasteiger charge is 2.23. The monoisotopic (exact) mass is 315 g/mol. The predicted octanol–water partition coefficient (Wildman–Crippen LogP) is 3.02. The van der Waals surface area contributed by atoms with Crippen LogP contribution in [0.25, 0.3) is 0 Å². The number of hydrogen-bond acceptors (Lipinski definition) is 5. The Hall–Kier alpha value is -1.59. The summed E-state index contributed by atoms with van der Waals surface area (Å²) < 4.78 is 5.99. The highest BCUT2D eigenvalue weighted by molar-refractivity contribution is 7.99. The van der Waals surface area contributed by atoms with E-state index >= 15 is 0 Å². The van der Waals surface area contributed by atoms with Crippen molar-refractivity contribution in [3.63, 3.8) is 0 Å². The first-order chi connectivity index (χ1) is 10.7. The van der Waals surface area contributed by atoms with Gasteiger partial charge in [-0.1, -0.05) is 36.9 Å². The van der Waals surface area contributed by atoms with Crippen LogP contribution in [0.2, 0.25) is 0 Å². The Morgan fingerprint density at radius 1 is 1.27 bits per heavy atom. The van der Waals surface area contributed by atoms with Crippen LogP contribution in [-0.2, 0) is 13.0 Å². The van der Waals surface area contributed by atoms with E-state index in [2.05, 4.69) is 41.0 Å². The van der Waals surface area contributed by atoms with Crippen LogP contribution in [0.1, 0.15) is 18.1 Å². The molecule has 116 valence electrons. The van der Waals surface area contributed by atoms with Crippen molar-refractivity contribution in [3.8, 4) is 5.75 Å².